The molecule has 3 heterocycles. The summed E-state index contributed by atoms with van der Waals surface area (Å²) in [5.74, 6) is -1.52. The van der Waals surface area contributed by atoms with Gasteiger partial charge in [0.25, 0.3) is 5.91 Å². The van der Waals surface area contributed by atoms with E-state index in [2.05, 4.69) is 9.97 Å². The smallest absolute Gasteiger partial charge is 0.323 e. The molecule has 0 radical (unpaired) electrons. The third-order valence-electron chi connectivity index (χ3n) is 5.85. The third-order valence-corrected chi connectivity index (χ3v) is 5.85. The molecular weight excluding hydrogens is 396 g/mol. The Kier molecular flexibility index (Phi) is 5.99. The fourth-order valence-electron chi connectivity index (χ4n) is 4.29. The SMILES string of the molecule is Cc1ccc(Cn2cc(C(=O)N(CC(=O)O)[C@H]3CCCC[C@@H]3O)c3ncccc32)cn1. The highest BCUT2D eigenvalue weighted by atomic mass is 16.4. The number of carboxylic acids is 1. The number of carbonyl (C=O) groups excluding carboxylic acids is 1. The van der Waals surface area contributed by atoms with Crippen molar-refractivity contribution in [2.45, 2.75) is 51.3 Å². The van der Waals surface area contributed by atoms with Gasteiger partial charge in [0.05, 0.1) is 23.2 Å². The van der Waals surface area contributed by atoms with E-state index in [0.717, 1.165) is 29.6 Å². The number of aliphatic hydroxyl groups excluding tert-OH is 1. The summed E-state index contributed by atoms with van der Waals surface area (Å²) in [6.45, 7) is 1.97. The highest BCUT2D eigenvalue weighted by Crippen LogP contribution is 2.27. The van der Waals surface area contributed by atoms with Gasteiger partial charge >= 0.3 is 5.97 Å². The molecule has 8 nitrogen and oxygen atoms in total. The van der Waals surface area contributed by atoms with Crippen LogP contribution in [0.2, 0.25) is 0 Å². The summed E-state index contributed by atoms with van der Waals surface area (Å²) in [5, 5.41) is 19.9. The zero-order valence-electron chi connectivity index (χ0n) is 17.4. The Hall–Kier alpha value is -3.26. The molecule has 2 atom stereocenters. The van der Waals surface area contributed by atoms with Crippen LogP contribution in [0.5, 0.6) is 0 Å². The number of rotatable bonds is 6. The van der Waals surface area contributed by atoms with Gasteiger partial charge in [0, 0.05) is 30.8 Å². The first-order valence-corrected chi connectivity index (χ1v) is 10.5. The van der Waals surface area contributed by atoms with Crippen LogP contribution in [-0.2, 0) is 11.3 Å². The molecule has 0 spiro atoms. The van der Waals surface area contributed by atoms with Crippen molar-refractivity contribution in [2.75, 3.05) is 6.54 Å². The predicted molar refractivity (Wildman–Crippen MR) is 115 cm³/mol. The molecule has 1 fully saturated rings. The minimum absolute atomic E-state index is 0.342. The van der Waals surface area contributed by atoms with Crippen molar-refractivity contribution in [1.29, 1.82) is 0 Å². The number of nitrogens with zero attached hydrogens (tertiary/aromatic N) is 4. The van der Waals surface area contributed by atoms with Crippen LogP contribution < -0.4 is 0 Å². The Morgan fingerprint density at radius 1 is 1.19 bits per heavy atom. The number of carboxylic acid groups (broad SMARTS) is 1. The second kappa shape index (κ2) is 8.85. The number of aryl methyl sites for hydroxylation is 1. The number of hydrogen-bond acceptors (Lipinski definition) is 5. The molecule has 1 saturated carbocycles. The van der Waals surface area contributed by atoms with Crippen molar-refractivity contribution in [3.8, 4) is 0 Å². The molecule has 1 amide bonds. The Balaban J connectivity index is 1.72. The van der Waals surface area contributed by atoms with E-state index in [4.69, 9.17) is 0 Å². The van der Waals surface area contributed by atoms with Crippen LogP contribution in [0.1, 0.15) is 47.3 Å². The van der Waals surface area contributed by atoms with Crippen LogP contribution in [0.15, 0.2) is 42.9 Å². The lowest BCUT2D eigenvalue weighted by molar-refractivity contribution is -0.139. The largest absolute Gasteiger partial charge is 0.480 e. The number of amides is 1. The molecule has 3 aromatic heterocycles. The number of pyridine rings is 2. The number of aromatic nitrogens is 3. The quantitative estimate of drug-likeness (QED) is 0.632. The summed E-state index contributed by atoms with van der Waals surface area (Å²) < 4.78 is 1.93. The molecule has 8 heteroatoms. The average Bonchev–Trinajstić information content (AvgIpc) is 3.12. The number of fused-ring (bicyclic) bond motifs is 1. The monoisotopic (exact) mass is 422 g/mol. The van der Waals surface area contributed by atoms with E-state index >= 15 is 0 Å². The lowest BCUT2D eigenvalue weighted by atomic mass is 9.91. The minimum atomic E-state index is -1.10. The summed E-state index contributed by atoms with van der Waals surface area (Å²) in [6, 6.07) is 7.10. The highest BCUT2D eigenvalue weighted by molar-refractivity contribution is 6.06. The lowest BCUT2D eigenvalue weighted by Gasteiger charge is -2.36. The molecule has 4 rings (SSSR count). The van der Waals surface area contributed by atoms with Crippen molar-refractivity contribution in [1.82, 2.24) is 19.4 Å². The van der Waals surface area contributed by atoms with Gasteiger partial charge < -0.3 is 19.7 Å². The zero-order valence-corrected chi connectivity index (χ0v) is 17.4. The van der Waals surface area contributed by atoms with Crippen LogP contribution in [-0.4, -0.2) is 60.2 Å². The second-order valence-electron chi connectivity index (χ2n) is 8.10. The molecule has 1 aliphatic carbocycles. The van der Waals surface area contributed by atoms with Gasteiger partial charge in [-0.05, 0) is 43.5 Å². The van der Waals surface area contributed by atoms with E-state index in [1.807, 2.05) is 29.7 Å². The topological polar surface area (TPSA) is 109 Å². The fraction of sp³-hybridized carbons (Fsp3) is 0.391. The Labute approximate surface area is 180 Å². The number of aliphatic carboxylic acids is 1. The zero-order chi connectivity index (χ0) is 22.0. The van der Waals surface area contributed by atoms with Gasteiger partial charge in [0.1, 0.15) is 12.1 Å². The molecule has 0 bridgehead atoms. The second-order valence-corrected chi connectivity index (χ2v) is 8.10. The molecule has 0 aliphatic heterocycles. The molecule has 0 saturated heterocycles. The van der Waals surface area contributed by atoms with E-state index in [1.165, 1.54) is 4.90 Å². The first-order chi connectivity index (χ1) is 14.9. The molecule has 0 unspecified atom stereocenters. The Morgan fingerprint density at radius 2 is 2.00 bits per heavy atom. The Bertz CT molecular complexity index is 1090. The van der Waals surface area contributed by atoms with Crippen molar-refractivity contribution in [2.24, 2.45) is 0 Å². The molecule has 31 heavy (non-hydrogen) atoms. The maximum atomic E-state index is 13.5. The summed E-state index contributed by atoms with van der Waals surface area (Å²) in [6.07, 6.45) is 7.29. The summed E-state index contributed by atoms with van der Waals surface area (Å²) in [7, 11) is 0. The van der Waals surface area contributed by atoms with E-state index in [9.17, 15) is 19.8 Å². The third kappa shape index (κ3) is 4.44. The average molecular weight is 422 g/mol. The van der Waals surface area contributed by atoms with Crippen molar-refractivity contribution < 1.29 is 19.8 Å². The van der Waals surface area contributed by atoms with E-state index in [1.54, 1.807) is 24.7 Å². The normalized spacial score (nSPS) is 18.8. The van der Waals surface area contributed by atoms with Crippen LogP contribution in [0, 0.1) is 6.92 Å². The Morgan fingerprint density at radius 3 is 2.71 bits per heavy atom. The van der Waals surface area contributed by atoms with Gasteiger partial charge in [-0.2, -0.15) is 0 Å². The predicted octanol–water partition coefficient (Wildman–Crippen LogP) is 2.62. The van der Waals surface area contributed by atoms with Crippen molar-refractivity contribution >= 4 is 22.9 Å². The number of carbonyl (C=O) groups is 2. The summed E-state index contributed by atoms with van der Waals surface area (Å²) in [4.78, 5) is 35.1. The van der Waals surface area contributed by atoms with Crippen LogP contribution in [0.25, 0.3) is 11.0 Å². The first kappa shape index (κ1) is 21.0. The van der Waals surface area contributed by atoms with Gasteiger partial charge in [-0.3, -0.25) is 19.6 Å². The molecule has 162 valence electrons. The van der Waals surface area contributed by atoms with Gasteiger partial charge in [-0.25, -0.2) is 0 Å². The van der Waals surface area contributed by atoms with Gasteiger partial charge in [-0.15, -0.1) is 0 Å². The van der Waals surface area contributed by atoms with Crippen LogP contribution >= 0.6 is 0 Å². The van der Waals surface area contributed by atoms with E-state index in [0.29, 0.717) is 30.5 Å². The van der Waals surface area contributed by atoms with Gasteiger partial charge in [-0.1, -0.05) is 18.9 Å². The molecule has 3 aromatic rings. The fourth-order valence-corrected chi connectivity index (χ4v) is 4.29. The van der Waals surface area contributed by atoms with E-state index in [-0.39, 0.29) is 0 Å². The van der Waals surface area contributed by atoms with E-state index < -0.39 is 30.6 Å². The van der Waals surface area contributed by atoms with Crippen LogP contribution in [0.4, 0.5) is 0 Å². The highest BCUT2D eigenvalue weighted by Gasteiger charge is 2.35. The standard InChI is InChI=1S/C23H26N4O4/c1-15-8-9-16(11-25-15)12-26-13-17(22-19(26)6-4-10-24-22)23(31)27(14-21(29)30)18-5-2-3-7-20(18)28/h4,6,8-11,13,18,20,28H,2-3,5,7,12,14H2,1H3,(H,29,30)/t18-,20-/m0/s1. The maximum absolute atomic E-state index is 13.5. The van der Waals surface area contributed by atoms with Gasteiger partial charge in [0.2, 0.25) is 0 Å². The maximum Gasteiger partial charge on any atom is 0.323 e. The summed E-state index contributed by atoms with van der Waals surface area (Å²) >= 11 is 0. The van der Waals surface area contributed by atoms with Gasteiger partial charge in [0.15, 0.2) is 0 Å². The van der Waals surface area contributed by atoms with Crippen molar-refractivity contribution in [3.05, 3.63) is 59.7 Å². The molecule has 0 aromatic carbocycles. The van der Waals surface area contributed by atoms with Crippen molar-refractivity contribution in [3.63, 3.8) is 0 Å². The molecular formula is C23H26N4O4. The first-order valence-electron chi connectivity index (χ1n) is 10.5. The van der Waals surface area contributed by atoms with Crippen LogP contribution in [0.3, 0.4) is 0 Å². The number of hydrogen-bond donors (Lipinski definition) is 2. The minimum Gasteiger partial charge on any atom is -0.480 e. The number of aliphatic hydroxyl groups is 1. The molecule has 1 aliphatic rings. The summed E-state index contributed by atoms with van der Waals surface area (Å²) in [5.41, 5.74) is 3.55. The molecule has 2 N–H and O–H groups in total. The lowest BCUT2D eigenvalue weighted by Crippen LogP contribution is -2.50.